The molecule has 2 fully saturated rings. The fourth-order valence-corrected chi connectivity index (χ4v) is 6.58. The van der Waals surface area contributed by atoms with Crippen LogP contribution in [0.4, 0.5) is 0 Å². The van der Waals surface area contributed by atoms with Crippen molar-refractivity contribution < 1.29 is 68.5 Å². The second kappa shape index (κ2) is 15.6. The number of ether oxygens (including phenoxy) is 4. The second-order valence-electron chi connectivity index (χ2n) is 13.1. The topological polar surface area (TPSA) is 223 Å². The Labute approximate surface area is 284 Å². The maximum Gasteiger partial charge on any atom is 0.344 e. The summed E-state index contributed by atoms with van der Waals surface area (Å²) in [4.78, 5) is 63.0. The third kappa shape index (κ3) is 7.88. The summed E-state index contributed by atoms with van der Waals surface area (Å²) in [6.45, 7) is 12.9. The van der Waals surface area contributed by atoms with E-state index < -0.39 is 77.7 Å². The molecule has 1 aromatic carbocycles. The largest absolute Gasteiger partial charge is 0.479 e. The zero-order valence-corrected chi connectivity index (χ0v) is 28.2. The van der Waals surface area contributed by atoms with Crippen LogP contribution in [0.2, 0.25) is 0 Å². The van der Waals surface area contributed by atoms with Crippen molar-refractivity contribution in [2.75, 3.05) is 0 Å². The van der Waals surface area contributed by atoms with Crippen LogP contribution >= 0.6 is 0 Å². The molecule has 3 rings (SSSR count). The molecule has 14 nitrogen and oxygen atoms in total. The Hall–Kier alpha value is -4.11. The van der Waals surface area contributed by atoms with Crippen LogP contribution in [0, 0.1) is 17.8 Å². The molecule has 0 aromatic heterocycles. The van der Waals surface area contributed by atoms with Crippen LogP contribution < -0.4 is 0 Å². The first-order valence-corrected chi connectivity index (χ1v) is 16.1. The van der Waals surface area contributed by atoms with Crippen molar-refractivity contribution in [3.05, 3.63) is 60.2 Å². The van der Waals surface area contributed by atoms with Gasteiger partial charge in [-0.1, -0.05) is 77.1 Å². The van der Waals surface area contributed by atoms with E-state index in [4.69, 9.17) is 18.9 Å². The number of rotatable bonds is 17. The number of benzene rings is 1. The van der Waals surface area contributed by atoms with E-state index in [1.807, 2.05) is 51.1 Å². The second-order valence-corrected chi connectivity index (χ2v) is 13.1. The van der Waals surface area contributed by atoms with Gasteiger partial charge in [0.2, 0.25) is 23.1 Å². The highest BCUT2D eigenvalue weighted by molar-refractivity contribution is 5.98. The first-order valence-electron chi connectivity index (χ1n) is 16.1. The minimum absolute atomic E-state index is 0.123. The predicted octanol–water partition coefficient (Wildman–Crippen LogP) is 2.88. The average Bonchev–Trinajstić information content (AvgIpc) is 3.25. The number of hydrogen-bond acceptors (Lipinski definition) is 11. The number of aliphatic hydroxyl groups is 2. The third-order valence-corrected chi connectivity index (χ3v) is 9.29. The highest BCUT2D eigenvalue weighted by atomic mass is 16.9. The van der Waals surface area contributed by atoms with Gasteiger partial charge in [0.25, 0.3) is 0 Å². The Kier molecular flexibility index (Phi) is 12.5. The van der Waals surface area contributed by atoms with Gasteiger partial charge in [-0.05, 0) is 42.2 Å². The van der Waals surface area contributed by atoms with Crippen molar-refractivity contribution in [1.82, 2.24) is 0 Å². The monoisotopic (exact) mass is 702 g/mol. The third-order valence-electron chi connectivity index (χ3n) is 9.29. The molecular formula is C35H46O14. The van der Waals surface area contributed by atoms with E-state index >= 15 is 0 Å². The van der Waals surface area contributed by atoms with Gasteiger partial charge in [-0.2, -0.15) is 0 Å². The van der Waals surface area contributed by atoms with E-state index in [2.05, 4.69) is 6.58 Å². The Balaban J connectivity index is 2.02. The van der Waals surface area contributed by atoms with E-state index in [0.717, 1.165) is 18.1 Å². The fourth-order valence-electron chi connectivity index (χ4n) is 6.58. The molecule has 10 atom stereocenters. The van der Waals surface area contributed by atoms with Crippen LogP contribution in [-0.2, 0) is 49.3 Å². The number of hydrogen-bond donors (Lipinski definition) is 5. The number of aliphatic carboxylic acids is 3. The van der Waals surface area contributed by atoms with E-state index in [0.29, 0.717) is 18.8 Å². The average molecular weight is 703 g/mol. The molecule has 2 heterocycles. The predicted molar refractivity (Wildman–Crippen MR) is 171 cm³/mol. The van der Waals surface area contributed by atoms with Crippen LogP contribution in [-0.4, -0.2) is 96.8 Å². The van der Waals surface area contributed by atoms with E-state index in [1.54, 1.807) is 6.92 Å². The van der Waals surface area contributed by atoms with Gasteiger partial charge in [-0.15, -0.1) is 0 Å². The Morgan fingerprint density at radius 1 is 1.04 bits per heavy atom. The number of aliphatic hydroxyl groups excluding tert-OH is 1. The molecule has 5 N–H and O–H groups in total. The highest BCUT2D eigenvalue weighted by Gasteiger charge is 2.85. The number of allylic oxidation sites excluding steroid dienone is 1. The number of carbonyl (C=O) groups excluding carboxylic acids is 2. The summed E-state index contributed by atoms with van der Waals surface area (Å²) in [5.74, 6) is -11.3. The summed E-state index contributed by atoms with van der Waals surface area (Å²) in [7, 11) is 0. The number of carbonyl (C=O) groups is 5. The van der Waals surface area contributed by atoms with Crippen molar-refractivity contribution in [3.8, 4) is 0 Å². The summed E-state index contributed by atoms with van der Waals surface area (Å²) >= 11 is 0. The molecule has 14 heteroatoms. The maximum absolute atomic E-state index is 13.0. The zero-order chi connectivity index (χ0) is 36.9. The first kappa shape index (κ1) is 39.3. The molecule has 270 valence electrons. The SMILES string of the molecule is C=C([13CH2]C[13C@]12O[C@H]([13C](=O)O)[C@@](O)([13C](=O)O)[C@]([13C](=O)O)(O1)[13C@H](O[13C](=O)/C=[13CH]/[C@@H](C)[13CH2][C@@H](C)[13CH2]C)[C@H]2O)[13C@H](O[13C](C)=O)[C@H](C)Cc1ccccc1. The minimum Gasteiger partial charge on any atom is -0.479 e. The van der Waals surface area contributed by atoms with E-state index in [1.165, 1.54) is 13.0 Å². The van der Waals surface area contributed by atoms with Crippen LogP contribution in [0.1, 0.15) is 65.9 Å². The van der Waals surface area contributed by atoms with Gasteiger partial charge in [0.1, 0.15) is 12.2 Å². The molecule has 0 radical (unpaired) electrons. The Morgan fingerprint density at radius 2 is 1.67 bits per heavy atom. The highest BCUT2D eigenvalue weighted by Crippen LogP contribution is 2.56. The smallest absolute Gasteiger partial charge is 0.344 e. The summed E-state index contributed by atoms with van der Waals surface area (Å²) in [5, 5.41) is 53.5. The summed E-state index contributed by atoms with van der Waals surface area (Å²) in [5.41, 5.74) is -6.27. The van der Waals surface area contributed by atoms with Crippen molar-refractivity contribution in [2.24, 2.45) is 17.8 Å². The number of carboxylic acid groups (broad SMARTS) is 3. The summed E-state index contributed by atoms with van der Waals surface area (Å²) < 4.78 is 22.0. The lowest BCUT2D eigenvalue weighted by Crippen LogP contribution is -2.78. The zero-order valence-electron chi connectivity index (χ0n) is 28.2. The molecule has 1 aromatic rings. The van der Waals surface area contributed by atoms with Crippen molar-refractivity contribution >= 4 is 29.8 Å². The summed E-state index contributed by atoms with van der Waals surface area (Å²) in [6, 6.07) is 9.29. The lowest BCUT2D eigenvalue weighted by molar-refractivity contribution is -0.374. The fraction of sp³-hybridized carbons (Fsp3) is 0.571. The van der Waals surface area contributed by atoms with E-state index in [-0.39, 0.29) is 23.8 Å². The molecule has 2 aliphatic rings. The van der Waals surface area contributed by atoms with Gasteiger partial charge >= 0.3 is 29.8 Å². The van der Waals surface area contributed by atoms with Gasteiger partial charge in [-0.25, -0.2) is 19.2 Å². The molecule has 0 amide bonds. The van der Waals surface area contributed by atoms with Gasteiger partial charge in [-0.3, -0.25) is 4.79 Å². The molecule has 2 aliphatic heterocycles. The lowest BCUT2D eigenvalue weighted by Gasteiger charge is -2.48. The molecule has 0 saturated carbocycles. The van der Waals surface area contributed by atoms with Gasteiger partial charge in [0.05, 0.1) is 0 Å². The van der Waals surface area contributed by atoms with Crippen LogP contribution in [0.25, 0.3) is 0 Å². The molecule has 0 aliphatic carbocycles. The van der Waals surface area contributed by atoms with Crippen molar-refractivity contribution in [1.29, 1.82) is 0 Å². The standard InChI is InChI=1S/C35H46O14/c1-7-19(2)17-20(3)13-14-25(37)47-28-27(38)33(48-29(30(39)40)34(45,31(41)42)35(28,49-33)32(43)44)16-15-21(4)26(46-23(6)36)22(5)18-24-11-9-8-10-12-24/h8-14,19-20,22,26-29,38,45H,4,7,15-18H2,1-3,5-6H3,(H,39,40)(H,41,42)(H,43,44)/b14-13+/t19-,20+,22+,26-,27+,28+,29+,33-,34+,35-/m0/s1/i7+1,13+1,15+1,17+1,23+1,25+1,26+1,28+1,30+1,31+1,32+1,33+1. The quantitative estimate of drug-likeness (QED) is 0.0682. The molecule has 0 unspecified atom stereocenters. The van der Waals surface area contributed by atoms with Crippen LogP contribution in [0.15, 0.2) is 54.6 Å². The summed E-state index contributed by atoms with van der Waals surface area (Å²) in [6.07, 6.45) is -4.83. The van der Waals surface area contributed by atoms with Gasteiger partial charge < -0.3 is 44.5 Å². The lowest BCUT2D eigenvalue weighted by atomic mass is 9.95. The normalized spacial score (nSPS) is 30.1. The molecule has 0 spiro atoms. The van der Waals surface area contributed by atoms with Crippen molar-refractivity contribution in [3.63, 3.8) is 0 Å². The number of fused-ring (bicyclic) bond motifs is 2. The van der Waals surface area contributed by atoms with Crippen LogP contribution in [0.5, 0.6) is 0 Å². The number of esters is 2. The Morgan fingerprint density at radius 3 is 2.20 bits per heavy atom. The van der Waals surface area contributed by atoms with Gasteiger partial charge in [0.15, 0.2) is 6.10 Å². The van der Waals surface area contributed by atoms with Crippen LogP contribution in [0.3, 0.4) is 0 Å². The minimum atomic E-state index is -3.90. The molecular weight excluding hydrogens is 656 g/mol. The van der Waals surface area contributed by atoms with Crippen molar-refractivity contribution in [2.45, 2.75) is 108 Å². The maximum atomic E-state index is 13.0. The Bertz CT molecular complexity index is 1440. The first-order chi connectivity index (χ1) is 22.9. The van der Waals surface area contributed by atoms with Gasteiger partial charge in [0, 0.05) is 25.3 Å². The van der Waals surface area contributed by atoms with E-state index in [9.17, 15) is 49.5 Å². The number of carboxylic acids is 3. The molecule has 49 heavy (non-hydrogen) atoms. The molecule has 2 saturated heterocycles. The molecule has 2 bridgehead atoms.